The van der Waals surface area contributed by atoms with Crippen molar-refractivity contribution in [1.82, 2.24) is 10.2 Å². The molecule has 3 rings (SSSR count). The monoisotopic (exact) mass is 286 g/mol. The Hall–Kier alpha value is -0.860. The summed E-state index contributed by atoms with van der Waals surface area (Å²) >= 11 is 0. The maximum Gasteiger partial charge on any atom is 0.0349 e. The van der Waals surface area contributed by atoms with E-state index in [0.717, 1.165) is 24.5 Å². The molecule has 0 aromatic heterocycles. The fourth-order valence-corrected chi connectivity index (χ4v) is 4.45. The molecule has 1 aromatic rings. The number of aryl methyl sites for hydroxylation is 1. The highest BCUT2D eigenvalue weighted by molar-refractivity contribution is 5.26. The quantitative estimate of drug-likeness (QED) is 0.883. The van der Waals surface area contributed by atoms with Crippen molar-refractivity contribution < 1.29 is 0 Å². The zero-order chi connectivity index (χ0) is 14.8. The number of hydrogen-bond donors (Lipinski definition) is 1. The molecule has 0 saturated carbocycles. The molecule has 2 aliphatic heterocycles. The molecular weight excluding hydrogens is 256 g/mol. The first-order valence-electron chi connectivity index (χ1n) is 8.71. The van der Waals surface area contributed by atoms with Crippen molar-refractivity contribution >= 4 is 0 Å². The molecular formula is C19H30N2. The van der Waals surface area contributed by atoms with E-state index < -0.39 is 0 Å². The molecule has 0 amide bonds. The van der Waals surface area contributed by atoms with E-state index in [1.165, 1.54) is 43.2 Å². The van der Waals surface area contributed by atoms with E-state index in [9.17, 15) is 0 Å². The van der Waals surface area contributed by atoms with Gasteiger partial charge in [-0.05, 0) is 64.1 Å². The van der Waals surface area contributed by atoms with Crippen molar-refractivity contribution in [1.29, 1.82) is 0 Å². The van der Waals surface area contributed by atoms with Gasteiger partial charge in [0.15, 0.2) is 0 Å². The van der Waals surface area contributed by atoms with E-state index in [-0.39, 0.29) is 0 Å². The molecule has 2 saturated heterocycles. The fourth-order valence-electron chi connectivity index (χ4n) is 4.45. The van der Waals surface area contributed by atoms with Gasteiger partial charge in [-0.15, -0.1) is 0 Å². The average molecular weight is 286 g/mol. The highest BCUT2D eigenvalue weighted by Crippen LogP contribution is 2.42. The van der Waals surface area contributed by atoms with Gasteiger partial charge in [0.1, 0.15) is 0 Å². The molecule has 116 valence electrons. The van der Waals surface area contributed by atoms with Crippen LogP contribution in [-0.2, 0) is 0 Å². The zero-order valence-corrected chi connectivity index (χ0v) is 13.8. The van der Waals surface area contributed by atoms with Gasteiger partial charge >= 0.3 is 0 Å². The molecule has 2 bridgehead atoms. The van der Waals surface area contributed by atoms with Crippen LogP contribution in [-0.4, -0.2) is 30.6 Å². The Labute approximate surface area is 129 Å². The number of rotatable bonds is 5. The summed E-state index contributed by atoms with van der Waals surface area (Å²) < 4.78 is 0. The number of fused-ring (bicyclic) bond motifs is 2. The lowest BCUT2D eigenvalue weighted by Gasteiger charge is -2.40. The third kappa shape index (κ3) is 3.17. The van der Waals surface area contributed by atoms with Crippen molar-refractivity contribution in [3.05, 3.63) is 35.4 Å². The molecule has 0 spiro atoms. The van der Waals surface area contributed by atoms with Gasteiger partial charge in [-0.3, -0.25) is 0 Å². The second kappa shape index (κ2) is 6.50. The molecule has 3 unspecified atom stereocenters. The van der Waals surface area contributed by atoms with Crippen molar-refractivity contribution in [3.63, 3.8) is 0 Å². The number of benzene rings is 1. The van der Waals surface area contributed by atoms with E-state index in [1.807, 2.05) is 0 Å². The summed E-state index contributed by atoms with van der Waals surface area (Å²) in [5.74, 6) is 0.798. The lowest BCUT2D eigenvalue weighted by Crippen LogP contribution is -2.43. The standard InChI is InChI=1S/C19H30N2/c1-4-10-20-19(15-7-5-6-14(2)11-15)16-12-17-8-9-18(13-16)21(17)3/h5-7,11,16-20H,4,8-10,12-13H2,1-3H3. The van der Waals surface area contributed by atoms with Gasteiger partial charge < -0.3 is 10.2 Å². The van der Waals surface area contributed by atoms with Crippen LogP contribution in [0.4, 0.5) is 0 Å². The second-order valence-electron chi connectivity index (χ2n) is 7.13. The van der Waals surface area contributed by atoms with Crippen molar-refractivity contribution in [2.45, 2.75) is 64.1 Å². The van der Waals surface area contributed by atoms with E-state index >= 15 is 0 Å². The summed E-state index contributed by atoms with van der Waals surface area (Å²) in [5, 5.41) is 3.85. The summed E-state index contributed by atoms with van der Waals surface area (Å²) in [5.41, 5.74) is 2.88. The van der Waals surface area contributed by atoms with Gasteiger partial charge in [0.2, 0.25) is 0 Å². The highest BCUT2D eigenvalue weighted by Gasteiger charge is 2.41. The molecule has 1 N–H and O–H groups in total. The topological polar surface area (TPSA) is 15.3 Å². The van der Waals surface area contributed by atoms with E-state index in [0.29, 0.717) is 6.04 Å². The molecule has 21 heavy (non-hydrogen) atoms. The molecule has 2 nitrogen and oxygen atoms in total. The van der Waals surface area contributed by atoms with Gasteiger partial charge in [-0.25, -0.2) is 0 Å². The van der Waals surface area contributed by atoms with Gasteiger partial charge in [0.05, 0.1) is 0 Å². The van der Waals surface area contributed by atoms with Crippen LogP contribution >= 0.6 is 0 Å². The van der Waals surface area contributed by atoms with Crippen LogP contribution in [0.2, 0.25) is 0 Å². The smallest absolute Gasteiger partial charge is 0.0349 e. The molecule has 2 heteroatoms. The predicted octanol–water partition coefficient (Wildman–Crippen LogP) is 3.91. The normalized spacial score (nSPS) is 30.5. The van der Waals surface area contributed by atoms with Crippen LogP contribution < -0.4 is 5.32 Å². The Kier molecular flexibility index (Phi) is 4.66. The molecule has 2 fully saturated rings. The van der Waals surface area contributed by atoms with Crippen LogP contribution in [0.5, 0.6) is 0 Å². The lowest BCUT2D eigenvalue weighted by molar-refractivity contribution is 0.112. The number of nitrogens with zero attached hydrogens (tertiary/aromatic N) is 1. The molecule has 2 aliphatic rings. The minimum Gasteiger partial charge on any atom is -0.310 e. The van der Waals surface area contributed by atoms with Crippen molar-refractivity contribution in [2.75, 3.05) is 13.6 Å². The zero-order valence-electron chi connectivity index (χ0n) is 13.8. The lowest BCUT2D eigenvalue weighted by atomic mass is 9.81. The average Bonchev–Trinajstić information content (AvgIpc) is 2.70. The van der Waals surface area contributed by atoms with Crippen LogP contribution in [0.25, 0.3) is 0 Å². The van der Waals surface area contributed by atoms with Gasteiger partial charge in [-0.2, -0.15) is 0 Å². The first kappa shape index (κ1) is 15.1. The Morgan fingerprint density at radius 1 is 1.24 bits per heavy atom. The largest absolute Gasteiger partial charge is 0.310 e. The molecule has 1 aromatic carbocycles. The minimum atomic E-state index is 0.543. The molecule has 0 aliphatic carbocycles. The third-order valence-corrected chi connectivity index (χ3v) is 5.62. The van der Waals surface area contributed by atoms with Crippen molar-refractivity contribution in [3.8, 4) is 0 Å². The van der Waals surface area contributed by atoms with Crippen LogP contribution in [0, 0.1) is 12.8 Å². The Balaban J connectivity index is 1.79. The van der Waals surface area contributed by atoms with Gasteiger partial charge in [0, 0.05) is 18.1 Å². The SMILES string of the molecule is CCCNC(c1cccc(C)c1)C1CC2CCC(C1)N2C. The number of piperidine rings is 1. The predicted molar refractivity (Wildman–Crippen MR) is 89.5 cm³/mol. The van der Waals surface area contributed by atoms with Crippen molar-refractivity contribution in [2.24, 2.45) is 5.92 Å². The van der Waals surface area contributed by atoms with E-state index in [4.69, 9.17) is 0 Å². The maximum absolute atomic E-state index is 3.85. The minimum absolute atomic E-state index is 0.543. The van der Waals surface area contributed by atoms with E-state index in [2.05, 4.69) is 55.4 Å². The highest BCUT2D eigenvalue weighted by atomic mass is 15.2. The first-order chi connectivity index (χ1) is 10.2. The summed E-state index contributed by atoms with van der Waals surface area (Å²) in [6.07, 6.45) is 6.75. The van der Waals surface area contributed by atoms with E-state index in [1.54, 1.807) is 0 Å². The molecule has 2 heterocycles. The van der Waals surface area contributed by atoms with Crippen LogP contribution in [0.1, 0.15) is 56.2 Å². The third-order valence-electron chi connectivity index (χ3n) is 5.62. The molecule has 3 atom stereocenters. The summed E-state index contributed by atoms with van der Waals surface area (Å²) in [7, 11) is 2.33. The number of nitrogens with one attached hydrogen (secondary N) is 1. The number of hydrogen-bond acceptors (Lipinski definition) is 2. The Bertz CT molecular complexity index is 456. The Morgan fingerprint density at radius 2 is 1.95 bits per heavy atom. The Morgan fingerprint density at radius 3 is 2.57 bits per heavy atom. The summed E-state index contributed by atoms with van der Waals surface area (Å²) in [4.78, 5) is 2.64. The first-order valence-corrected chi connectivity index (χ1v) is 8.71. The summed E-state index contributed by atoms with van der Waals surface area (Å²) in [6.45, 7) is 5.59. The van der Waals surface area contributed by atoms with Crippen LogP contribution in [0.15, 0.2) is 24.3 Å². The van der Waals surface area contributed by atoms with Crippen LogP contribution in [0.3, 0.4) is 0 Å². The fraction of sp³-hybridized carbons (Fsp3) is 0.684. The van der Waals surface area contributed by atoms with Gasteiger partial charge in [-0.1, -0.05) is 36.8 Å². The molecule has 0 radical (unpaired) electrons. The summed E-state index contributed by atoms with van der Waals surface area (Å²) in [6, 6.07) is 11.3. The second-order valence-corrected chi connectivity index (χ2v) is 7.13. The van der Waals surface area contributed by atoms with Gasteiger partial charge in [0.25, 0.3) is 0 Å². The maximum atomic E-state index is 3.85.